The number of hydrogen-bond donors (Lipinski definition) is 1. The molecule has 0 spiro atoms. The highest BCUT2D eigenvalue weighted by Crippen LogP contribution is 2.23. The van der Waals surface area contributed by atoms with Gasteiger partial charge in [-0.3, -0.25) is 0 Å². The van der Waals surface area contributed by atoms with Crippen LogP contribution in [0.25, 0.3) is 0 Å². The molecule has 1 saturated heterocycles. The summed E-state index contributed by atoms with van der Waals surface area (Å²) in [5.41, 5.74) is 2.06. The Bertz CT molecular complexity index is 331. The number of hydrogen-bond acceptors (Lipinski definition) is 5. The maximum absolute atomic E-state index is 4.38. The van der Waals surface area contributed by atoms with Crippen LogP contribution in [0.1, 0.15) is 11.4 Å². The van der Waals surface area contributed by atoms with Crippen LogP contribution in [-0.4, -0.2) is 39.0 Å². The van der Waals surface area contributed by atoms with Gasteiger partial charge in [-0.15, -0.1) is 0 Å². The molecule has 88 valence electrons. The van der Waals surface area contributed by atoms with Gasteiger partial charge in [-0.1, -0.05) is 0 Å². The number of nitrogens with zero attached hydrogens (tertiary/aromatic N) is 2. The zero-order chi connectivity index (χ0) is 11.4. The van der Waals surface area contributed by atoms with Crippen molar-refractivity contribution in [3.05, 3.63) is 17.5 Å². The van der Waals surface area contributed by atoms with Gasteiger partial charge in [-0.25, -0.2) is 9.97 Å². The molecule has 16 heavy (non-hydrogen) atoms. The van der Waals surface area contributed by atoms with E-state index >= 15 is 0 Å². The van der Waals surface area contributed by atoms with Gasteiger partial charge >= 0.3 is 0 Å². The fourth-order valence-electron chi connectivity index (χ4n) is 1.66. The second-order valence-corrected chi connectivity index (χ2v) is 6.48. The first-order chi connectivity index (χ1) is 7.74. The molecule has 0 bridgehead atoms. The smallest absolute Gasteiger partial charge is 0.223 e. The molecule has 5 heteroatoms. The lowest BCUT2D eigenvalue weighted by Crippen LogP contribution is -2.24. The van der Waals surface area contributed by atoms with Crippen LogP contribution in [0.15, 0.2) is 6.07 Å². The Morgan fingerprint density at radius 3 is 2.69 bits per heavy atom. The fraction of sp³-hybridized carbons (Fsp3) is 0.636. The van der Waals surface area contributed by atoms with Crippen LogP contribution in [-0.2, 0) is 0 Å². The Labute approximate surface area is 105 Å². The lowest BCUT2D eigenvalue weighted by Gasteiger charge is -2.21. The van der Waals surface area contributed by atoms with Crippen LogP contribution in [0.4, 0.5) is 5.95 Å². The zero-order valence-corrected chi connectivity index (χ0v) is 11.3. The van der Waals surface area contributed by atoms with E-state index < -0.39 is 0 Å². The molecular weight excluding hydrogens is 238 g/mol. The Kier molecular flexibility index (Phi) is 4.35. The highest BCUT2D eigenvalue weighted by atomic mass is 32.2. The topological polar surface area (TPSA) is 37.8 Å². The summed E-state index contributed by atoms with van der Waals surface area (Å²) in [6.45, 7) is 4.98. The Morgan fingerprint density at radius 2 is 2.06 bits per heavy atom. The SMILES string of the molecule is Cc1cc(C)nc(NCC2CSCCS2)n1. The molecule has 1 aliphatic rings. The van der Waals surface area contributed by atoms with Gasteiger partial charge in [0, 0.05) is 40.4 Å². The molecule has 0 radical (unpaired) electrons. The van der Waals surface area contributed by atoms with Gasteiger partial charge in [-0.05, 0) is 19.9 Å². The molecule has 1 aromatic heterocycles. The lowest BCUT2D eigenvalue weighted by atomic mass is 10.3. The van der Waals surface area contributed by atoms with E-state index in [9.17, 15) is 0 Å². The van der Waals surface area contributed by atoms with Crippen molar-refractivity contribution in [2.24, 2.45) is 0 Å². The number of aromatic nitrogens is 2. The quantitative estimate of drug-likeness (QED) is 0.897. The summed E-state index contributed by atoms with van der Waals surface area (Å²) in [5.74, 6) is 4.57. The molecule has 2 rings (SSSR count). The van der Waals surface area contributed by atoms with Gasteiger partial charge in [0.25, 0.3) is 0 Å². The van der Waals surface area contributed by atoms with Gasteiger partial charge in [-0.2, -0.15) is 23.5 Å². The van der Waals surface area contributed by atoms with E-state index in [4.69, 9.17) is 0 Å². The van der Waals surface area contributed by atoms with Gasteiger partial charge in [0.05, 0.1) is 0 Å². The van der Waals surface area contributed by atoms with Crippen LogP contribution in [0.3, 0.4) is 0 Å². The van der Waals surface area contributed by atoms with E-state index in [0.29, 0.717) is 5.25 Å². The van der Waals surface area contributed by atoms with Crippen molar-refractivity contribution in [1.29, 1.82) is 0 Å². The predicted octanol–water partition coefficient (Wildman–Crippen LogP) is 2.35. The molecule has 0 amide bonds. The number of rotatable bonds is 3. The number of thioether (sulfide) groups is 2. The first-order valence-electron chi connectivity index (χ1n) is 5.49. The molecule has 1 unspecified atom stereocenters. The first-order valence-corrected chi connectivity index (χ1v) is 7.70. The minimum Gasteiger partial charge on any atom is -0.353 e. The second-order valence-electron chi connectivity index (χ2n) is 3.92. The van der Waals surface area contributed by atoms with Crippen LogP contribution in [0.5, 0.6) is 0 Å². The standard InChI is InChI=1S/C11H17N3S2/c1-8-5-9(2)14-11(13-8)12-6-10-7-15-3-4-16-10/h5,10H,3-4,6-7H2,1-2H3,(H,12,13,14). The minimum absolute atomic E-state index is 0.697. The van der Waals surface area contributed by atoms with Crippen molar-refractivity contribution in [1.82, 2.24) is 9.97 Å². The summed E-state index contributed by atoms with van der Waals surface area (Å²) >= 11 is 4.09. The Hall–Kier alpha value is -0.420. The summed E-state index contributed by atoms with van der Waals surface area (Å²) in [7, 11) is 0. The highest BCUT2D eigenvalue weighted by Gasteiger charge is 2.14. The van der Waals surface area contributed by atoms with E-state index in [-0.39, 0.29) is 0 Å². The molecule has 0 saturated carbocycles. The average molecular weight is 255 g/mol. The van der Waals surface area contributed by atoms with E-state index in [1.165, 1.54) is 17.3 Å². The largest absolute Gasteiger partial charge is 0.353 e. The summed E-state index contributed by atoms with van der Waals surface area (Å²) in [4.78, 5) is 8.76. The highest BCUT2D eigenvalue weighted by molar-refractivity contribution is 8.06. The predicted molar refractivity (Wildman–Crippen MR) is 73.6 cm³/mol. The molecule has 1 fully saturated rings. The average Bonchev–Trinajstić information content (AvgIpc) is 2.27. The van der Waals surface area contributed by atoms with E-state index in [1.54, 1.807) is 0 Å². The summed E-state index contributed by atoms with van der Waals surface area (Å²) in [6.07, 6.45) is 0. The minimum atomic E-state index is 0.697. The van der Waals surface area contributed by atoms with Crippen molar-refractivity contribution in [3.8, 4) is 0 Å². The van der Waals surface area contributed by atoms with Crippen LogP contribution in [0, 0.1) is 13.8 Å². The maximum Gasteiger partial charge on any atom is 0.223 e. The van der Waals surface area contributed by atoms with Gasteiger partial charge in [0.1, 0.15) is 0 Å². The van der Waals surface area contributed by atoms with Crippen LogP contribution < -0.4 is 5.32 Å². The zero-order valence-electron chi connectivity index (χ0n) is 9.69. The first kappa shape index (κ1) is 12.0. The Morgan fingerprint density at radius 1 is 1.31 bits per heavy atom. The molecule has 1 N–H and O–H groups in total. The maximum atomic E-state index is 4.38. The van der Waals surface area contributed by atoms with E-state index in [1.807, 2.05) is 31.7 Å². The van der Waals surface area contributed by atoms with Crippen molar-refractivity contribution >= 4 is 29.5 Å². The fourth-order valence-corrected chi connectivity index (χ4v) is 4.28. The lowest BCUT2D eigenvalue weighted by molar-refractivity contribution is 0.955. The molecule has 2 heterocycles. The summed E-state index contributed by atoms with van der Waals surface area (Å²) in [5, 5.41) is 4.04. The second kappa shape index (κ2) is 5.77. The summed E-state index contributed by atoms with van der Waals surface area (Å²) in [6, 6.07) is 2.00. The van der Waals surface area contributed by atoms with Crippen molar-refractivity contribution in [2.45, 2.75) is 19.1 Å². The van der Waals surface area contributed by atoms with Gasteiger partial charge in [0.2, 0.25) is 5.95 Å². The number of nitrogens with one attached hydrogen (secondary N) is 1. The van der Waals surface area contributed by atoms with Gasteiger partial charge in [0.15, 0.2) is 0 Å². The molecule has 1 aliphatic heterocycles. The van der Waals surface area contributed by atoms with Crippen LogP contribution >= 0.6 is 23.5 Å². The molecule has 1 aromatic rings. The molecule has 1 atom stereocenters. The van der Waals surface area contributed by atoms with Crippen molar-refractivity contribution in [3.63, 3.8) is 0 Å². The third-order valence-electron chi connectivity index (χ3n) is 2.36. The molecule has 0 aromatic carbocycles. The Balaban J connectivity index is 1.88. The third kappa shape index (κ3) is 3.56. The van der Waals surface area contributed by atoms with Crippen molar-refractivity contribution in [2.75, 3.05) is 29.1 Å². The molecular formula is C11H17N3S2. The van der Waals surface area contributed by atoms with Crippen LogP contribution in [0.2, 0.25) is 0 Å². The molecule has 0 aliphatic carbocycles. The monoisotopic (exact) mass is 255 g/mol. The summed E-state index contributed by atoms with van der Waals surface area (Å²) < 4.78 is 0. The van der Waals surface area contributed by atoms with E-state index in [2.05, 4.69) is 27.0 Å². The van der Waals surface area contributed by atoms with E-state index in [0.717, 1.165) is 23.9 Å². The van der Waals surface area contributed by atoms with Gasteiger partial charge < -0.3 is 5.32 Å². The third-order valence-corrected chi connectivity index (χ3v) is 5.20. The normalized spacial score (nSPS) is 20.8. The number of anilines is 1. The molecule has 3 nitrogen and oxygen atoms in total. The van der Waals surface area contributed by atoms with Crippen molar-refractivity contribution < 1.29 is 0 Å². The number of aryl methyl sites for hydroxylation is 2.